The van der Waals surface area contributed by atoms with Crippen molar-refractivity contribution >= 4 is 11.8 Å². The molecule has 1 aliphatic rings. The van der Waals surface area contributed by atoms with Crippen molar-refractivity contribution in [2.24, 2.45) is 5.73 Å². The summed E-state index contributed by atoms with van der Waals surface area (Å²) in [4.78, 5) is 25.5. The van der Waals surface area contributed by atoms with Crippen LogP contribution in [0.3, 0.4) is 0 Å². The predicted octanol–water partition coefficient (Wildman–Crippen LogP) is 0.0774. The Balaban J connectivity index is 2.17. The molecule has 1 heterocycles. The van der Waals surface area contributed by atoms with Gasteiger partial charge in [0.25, 0.3) is 0 Å². The van der Waals surface area contributed by atoms with E-state index in [-0.39, 0.29) is 12.3 Å². The Bertz CT molecular complexity index is 441. The van der Waals surface area contributed by atoms with Gasteiger partial charge in [0.15, 0.2) is 0 Å². The van der Waals surface area contributed by atoms with Gasteiger partial charge in [-0.2, -0.15) is 0 Å². The van der Waals surface area contributed by atoms with Crippen molar-refractivity contribution in [1.29, 1.82) is 0 Å². The van der Waals surface area contributed by atoms with Crippen LogP contribution in [0.1, 0.15) is 17.9 Å². The zero-order chi connectivity index (χ0) is 13.7. The minimum atomic E-state index is -0.461. The van der Waals surface area contributed by atoms with Crippen molar-refractivity contribution in [3.8, 4) is 0 Å². The summed E-state index contributed by atoms with van der Waals surface area (Å²) in [6.07, 6.45) is 0.0623. The number of carbonyl (C=O) groups excluding carboxylic acids is 2. The number of amides is 2. The molecule has 5 heteroatoms. The third-order valence-corrected chi connectivity index (χ3v) is 3.33. The van der Waals surface area contributed by atoms with Crippen molar-refractivity contribution in [2.45, 2.75) is 12.3 Å². The van der Waals surface area contributed by atoms with E-state index in [1.165, 1.54) is 0 Å². The fourth-order valence-electron chi connectivity index (χ4n) is 2.34. The molecular weight excluding hydrogens is 242 g/mol. The lowest BCUT2D eigenvalue weighted by molar-refractivity contribution is -0.135. The van der Waals surface area contributed by atoms with Crippen LogP contribution in [0.15, 0.2) is 30.3 Å². The molecule has 1 unspecified atom stereocenters. The van der Waals surface area contributed by atoms with Gasteiger partial charge < -0.3 is 16.0 Å². The molecule has 0 spiro atoms. The fraction of sp³-hybridized carbons (Fsp3) is 0.429. The van der Waals surface area contributed by atoms with Crippen molar-refractivity contribution in [3.63, 3.8) is 0 Å². The monoisotopic (exact) mass is 261 g/mol. The summed E-state index contributed by atoms with van der Waals surface area (Å²) in [5.41, 5.74) is 6.13. The Morgan fingerprint density at radius 3 is 2.42 bits per heavy atom. The lowest BCUT2D eigenvalue weighted by atomic mass is 9.93. The minimum absolute atomic E-state index is 0.00787. The van der Waals surface area contributed by atoms with Crippen molar-refractivity contribution in [3.05, 3.63) is 35.9 Å². The first kappa shape index (κ1) is 13.5. The van der Waals surface area contributed by atoms with Gasteiger partial charge in [0, 0.05) is 32.6 Å². The molecule has 1 aromatic carbocycles. The van der Waals surface area contributed by atoms with Crippen LogP contribution in [0.2, 0.25) is 0 Å². The Kier molecular flexibility index (Phi) is 4.52. The van der Waals surface area contributed by atoms with E-state index in [9.17, 15) is 9.59 Å². The van der Waals surface area contributed by atoms with E-state index in [1.807, 2.05) is 30.3 Å². The second kappa shape index (κ2) is 6.33. The van der Waals surface area contributed by atoms with Gasteiger partial charge in [-0.25, -0.2) is 0 Å². The summed E-state index contributed by atoms with van der Waals surface area (Å²) < 4.78 is 0. The summed E-state index contributed by atoms with van der Waals surface area (Å²) >= 11 is 0. The van der Waals surface area contributed by atoms with Crippen LogP contribution in [-0.4, -0.2) is 42.9 Å². The van der Waals surface area contributed by atoms with Crippen LogP contribution in [0.4, 0.5) is 0 Å². The Hall–Kier alpha value is -1.88. The van der Waals surface area contributed by atoms with E-state index in [1.54, 1.807) is 4.90 Å². The van der Waals surface area contributed by atoms with Crippen LogP contribution in [0.5, 0.6) is 0 Å². The normalized spacial score (nSPS) is 16.9. The van der Waals surface area contributed by atoms with Crippen molar-refractivity contribution in [1.82, 2.24) is 10.2 Å². The van der Waals surface area contributed by atoms with Crippen molar-refractivity contribution in [2.75, 3.05) is 26.2 Å². The third kappa shape index (κ3) is 3.54. The summed E-state index contributed by atoms with van der Waals surface area (Å²) in [5.74, 6) is -0.916. The second-order valence-electron chi connectivity index (χ2n) is 4.71. The van der Waals surface area contributed by atoms with Crippen LogP contribution in [0.25, 0.3) is 0 Å². The molecule has 2 rings (SSSR count). The van der Waals surface area contributed by atoms with Gasteiger partial charge in [-0.1, -0.05) is 30.3 Å². The van der Waals surface area contributed by atoms with Gasteiger partial charge in [-0.3, -0.25) is 9.59 Å². The molecule has 1 aliphatic heterocycles. The van der Waals surface area contributed by atoms with E-state index in [0.717, 1.165) is 18.7 Å². The number of nitrogens with two attached hydrogens (primary N) is 1. The number of nitrogens with zero attached hydrogens (tertiary/aromatic N) is 1. The number of hydrogen-bond acceptors (Lipinski definition) is 3. The molecule has 1 saturated heterocycles. The largest absolute Gasteiger partial charge is 0.370 e. The quantitative estimate of drug-likeness (QED) is 0.806. The van der Waals surface area contributed by atoms with Crippen LogP contribution < -0.4 is 11.1 Å². The van der Waals surface area contributed by atoms with E-state index < -0.39 is 11.8 Å². The standard InChI is InChI=1S/C14H19N3O2/c15-13(18)10-12(11-4-2-1-3-5-11)14(19)17-8-6-16-7-9-17/h1-5,12,16H,6-10H2,(H2,15,18). The zero-order valence-electron chi connectivity index (χ0n) is 10.8. The Labute approximate surface area is 112 Å². The topological polar surface area (TPSA) is 75.4 Å². The molecule has 2 amide bonds. The second-order valence-corrected chi connectivity index (χ2v) is 4.71. The van der Waals surface area contributed by atoms with E-state index in [4.69, 9.17) is 5.73 Å². The number of primary amides is 1. The van der Waals surface area contributed by atoms with E-state index in [2.05, 4.69) is 5.32 Å². The molecule has 1 fully saturated rings. The number of nitrogens with one attached hydrogen (secondary N) is 1. The zero-order valence-corrected chi connectivity index (χ0v) is 10.8. The minimum Gasteiger partial charge on any atom is -0.370 e. The van der Waals surface area contributed by atoms with Gasteiger partial charge in [0.2, 0.25) is 11.8 Å². The molecule has 3 N–H and O–H groups in total. The summed E-state index contributed by atoms with van der Waals surface area (Å²) in [6, 6.07) is 9.37. The summed E-state index contributed by atoms with van der Waals surface area (Å²) in [7, 11) is 0. The average Bonchev–Trinajstić information content (AvgIpc) is 2.46. The van der Waals surface area contributed by atoms with Gasteiger partial charge >= 0.3 is 0 Å². The van der Waals surface area contributed by atoms with Gasteiger partial charge in [0.05, 0.1) is 5.92 Å². The van der Waals surface area contributed by atoms with Crippen LogP contribution in [-0.2, 0) is 9.59 Å². The number of hydrogen-bond donors (Lipinski definition) is 2. The molecule has 0 bridgehead atoms. The van der Waals surface area contributed by atoms with Crippen LogP contribution in [0, 0.1) is 0 Å². The fourth-order valence-corrected chi connectivity index (χ4v) is 2.34. The molecule has 0 saturated carbocycles. The molecule has 1 atom stereocenters. The maximum Gasteiger partial charge on any atom is 0.230 e. The summed E-state index contributed by atoms with van der Waals surface area (Å²) in [5, 5.41) is 3.20. The first-order chi connectivity index (χ1) is 9.18. The van der Waals surface area contributed by atoms with E-state index in [0.29, 0.717) is 13.1 Å². The highest BCUT2D eigenvalue weighted by Crippen LogP contribution is 2.22. The molecular formula is C14H19N3O2. The maximum atomic E-state index is 12.5. The molecule has 1 aromatic rings. The Morgan fingerprint density at radius 1 is 1.21 bits per heavy atom. The lowest BCUT2D eigenvalue weighted by Crippen LogP contribution is -2.48. The SMILES string of the molecule is NC(=O)CC(C(=O)N1CCNCC1)c1ccccc1. The molecule has 19 heavy (non-hydrogen) atoms. The maximum absolute atomic E-state index is 12.5. The van der Waals surface area contributed by atoms with Crippen LogP contribution >= 0.6 is 0 Å². The van der Waals surface area contributed by atoms with Gasteiger partial charge in [-0.05, 0) is 5.56 Å². The molecule has 0 aromatic heterocycles. The lowest BCUT2D eigenvalue weighted by Gasteiger charge is -2.30. The van der Waals surface area contributed by atoms with E-state index >= 15 is 0 Å². The number of rotatable bonds is 4. The van der Waals surface area contributed by atoms with Gasteiger partial charge in [0.1, 0.15) is 0 Å². The highest BCUT2D eigenvalue weighted by Gasteiger charge is 2.28. The molecule has 102 valence electrons. The van der Waals surface area contributed by atoms with Crippen molar-refractivity contribution < 1.29 is 9.59 Å². The first-order valence-electron chi connectivity index (χ1n) is 6.51. The summed E-state index contributed by atoms with van der Waals surface area (Å²) in [6.45, 7) is 2.95. The molecule has 0 aliphatic carbocycles. The Morgan fingerprint density at radius 2 is 1.84 bits per heavy atom. The smallest absolute Gasteiger partial charge is 0.230 e. The number of carbonyl (C=O) groups is 2. The number of piperazine rings is 1. The van der Waals surface area contributed by atoms with Gasteiger partial charge in [-0.15, -0.1) is 0 Å². The number of benzene rings is 1. The highest BCUT2D eigenvalue weighted by atomic mass is 16.2. The first-order valence-corrected chi connectivity index (χ1v) is 6.51. The molecule has 5 nitrogen and oxygen atoms in total. The highest BCUT2D eigenvalue weighted by molar-refractivity contribution is 5.89. The molecule has 0 radical (unpaired) electrons. The predicted molar refractivity (Wildman–Crippen MR) is 72.4 cm³/mol. The third-order valence-electron chi connectivity index (χ3n) is 3.33. The average molecular weight is 261 g/mol.